The molecule has 0 aliphatic heterocycles. The molecule has 7 nitrogen and oxygen atoms in total. The lowest BCUT2D eigenvalue weighted by atomic mass is 10.1. The minimum absolute atomic E-state index is 0.100. The van der Waals surface area contributed by atoms with Crippen LogP contribution in [0.15, 0.2) is 77.7 Å². The molecule has 0 spiro atoms. The summed E-state index contributed by atoms with van der Waals surface area (Å²) in [4.78, 5) is 28.2. The summed E-state index contributed by atoms with van der Waals surface area (Å²) >= 11 is 0. The van der Waals surface area contributed by atoms with E-state index in [1.54, 1.807) is 37.3 Å². The maximum atomic E-state index is 13.9. The van der Waals surface area contributed by atoms with Crippen LogP contribution >= 0.6 is 0 Å². The molecule has 0 heterocycles. The lowest BCUT2D eigenvalue weighted by molar-refractivity contribution is -0.138. The van der Waals surface area contributed by atoms with E-state index in [4.69, 9.17) is 0 Å². The Balaban J connectivity index is 2.01. The van der Waals surface area contributed by atoms with Gasteiger partial charge in [-0.1, -0.05) is 65.7 Å². The normalized spacial score (nSPS) is 12.0. The van der Waals surface area contributed by atoms with Gasteiger partial charge in [-0.05, 0) is 70.4 Å². The number of carbonyl (C=O) groups is 2. The predicted octanol–water partition coefficient (Wildman–Crippen LogP) is 4.40. The molecule has 8 heteroatoms. The fraction of sp³-hybridized carbons (Fsp3) is 0.333. The Bertz CT molecular complexity index is 1360. The van der Waals surface area contributed by atoms with E-state index >= 15 is 0 Å². The standard InChI is InChI=1S/C30H37N3O4S/c1-6-31-30(35)25(5)32(19-18-26-10-8-7-9-11-26)29(34)21-33(28-17-14-23(3)20-24(28)4)38(36,37)27-15-12-22(2)13-16-27/h7-17,20,25H,6,18-19,21H2,1-5H3,(H,31,35)/t25-/m1/s1. The highest BCUT2D eigenvalue weighted by Gasteiger charge is 2.32. The van der Waals surface area contributed by atoms with Crippen LogP contribution in [0.4, 0.5) is 5.69 Å². The van der Waals surface area contributed by atoms with Crippen LogP contribution in [0.1, 0.15) is 36.1 Å². The summed E-state index contributed by atoms with van der Waals surface area (Å²) in [5.41, 5.74) is 4.10. The summed E-state index contributed by atoms with van der Waals surface area (Å²) in [5, 5.41) is 2.78. The van der Waals surface area contributed by atoms with Gasteiger partial charge in [-0.15, -0.1) is 0 Å². The SMILES string of the molecule is CCNC(=O)[C@@H](C)N(CCc1ccccc1)C(=O)CN(c1ccc(C)cc1C)S(=O)(=O)c1ccc(C)cc1. The first-order valence-corrected chi connectivity index (χ1v) is 14.3. The van der Waals surface area contributed by atoms with E-state index in [0.717, 1.165) is 26.6 Å². The molecule has 0 saturated heterocycles. The third kappa shape index (κ3) is 7.01. The van der Waals surface area contributed by atoms with Crippen molar-refractivity contribution in [3.8, 4) is 0 Å². The number of nitrogens with zero attached hydrogens (tertiary/aromatic N) is 2. The Hall–Kier alpha value is -3.65. The third-order valence-electron chi connectivity index (χ3n) is 6.51. The van der Waals surface area contributed by atoms with Crippen molar-refractivity contribution in [2.75, 3.05) is 23.9 Å². The number of carbonyl (C=O) groups excluding carboxylic acids is 2. The highest BCUT2D eigenvalue weighted by atomic mass is 32.2. The summed E-state index contributed by atoms with van der Waals surface area (Å²) in [6.45, 7) is 9.40. The molecule has 0 fully saturated rings. The third-order valence-corrected chi connectivity index (χ3v) is 8.29. The smallest absolute Gasteiger partial charge is 0.264 e. The molecule has 0 aliphatic carbocycles. The number of anilines is 1. The van der Waals surface area contributed by atoms with Gasteiger partial charge in [0.2, 0.25) is 11.8 Å². The van der Waals surface area contributed by atoms with E-state index in [0.29, 0.717) is 18.7 Å². The van der Waals surface area contributed by atoms with Crippen molar-refractivity contribution < 1.29 is 18.0 Å². The lowest BCUT2D eigenvalue weighted by Crippen LogP contribution is -2.52. The van der Waals surface area contributed by atoms with E-state index in [2.05, 4.69) is 5.32 Å². The molecule has 0 bridgehead atoms. The molecule has 38 heavy (non-hydrogen) atoms. The zero-order valence-corrected chi connectivity index (χ0v) is 23.6. The van der Waals surface area contributed by atoms with Crippen molar-refractivity contribution in [2.45, 2.75) is 52.0 Å². The van der Waals surface area contributed by atoms with Crippen LogP contribution in [0.25, 0.3) is 0 Å². The van der Waals surface area contributed by atoms with Crippen LogP contribution < -0.4 is 9.62 Å². The monoisotopic (exact) mass is 535 g/mol. The number of amides is 2. The molecule has 3 rings (SSSR count). The zero-order chi connectivity index (χ0) is 27.9. The van der Waals surface area contributed by atoms with Gasteiger partial charge in [0, 0.05) is 13.1 Å². The molecule has 0 aromatic heterocycles. The Kier molecular flexibility index (Phi) is 9.69. The van der Waals surface area contributed by atoms with E-state index in [1.165, 1.54) is 4.90 Å². The highest BCUT2D eigenvalue weighted by Crippen LogP contribution is 2.28. The first-order chi connectivity index (χ1) is 18.0. The molecule has 3 aromatic rings. The lowest BCUT2D eigenvalue weighted by Gasteiger charge is -2.32. The van der Waals surface area contributed by atoms with Crippen LogP contribution in [-0.4, -0.2) is 50.8 Å². The second-order valence-corrected chi connectivity index (χ2v) is 11.4. The summed E-state index contributed by atoms with van der Waals surface area (Å²) in [6.07, 6.45) is 0.532. The fourth-order valence-corrected chi connectivity index (χ4v) is 5.81. The maximum absolute atomic E-state index is 13.9. The summed E-state index contributed by atoms with van der Waals surface area (Å²) in [5.74, 6) is -0.733. The average molecular weight is 536 g/mol. The van der Waals surface area contributed by atoms with Crippen molar-refractivity contribution in [1.29, 1.82) is 0 Å². The van der Waals surface area contributed by atoms with Crippen molar-refractivity contribution in [2.24, 2.45) is 0 Å². The van der Waals surface area contributed by atoms with Gasteiger partial charge in [-0.3, -0.25) is 13.9 Å². The second-order valence-electron chi connectivity index (χ2n) is 9.51. The highest BCUT2D eigenvalue weighted by molar-refractivity contribution is 7.92. The number of benzene rings is 3. The molecular weight excluding hydrogens is 498 g/mol. The minimum atomic E-state index is -4.07. The summed E-state index contributed by atoms with van der Waals surface area (Å²) in [7, 11) is -4.07. The van der Waals surface area contributed by atoms with E-state index < -0.39 is 28.5 Å². The van der Waals surface area contributed by atoms with E-state index in [-0.39, 0.29) is 17.3 Å². The predicted molar refractivity (Wildman–Crippen MR) is 152 cm³/mol. The van der Waals surface area contributed by atoms with Crippen LogP contribution in [0.3, 0.4) is 0 Å². The van der Waals surface area contributed by atoms with Gasteiger partial charge >= 0.3 is 0 Å². The summed E-state index contributed by atoms with van der Waals surface area (Å²) in [6, 6.07) is 20.9. The summed E-state index contributed by atoms with van der Waals surface area (Å²) < 4.78 is 29.0. The quantitative estimate of drug-likeness (QED) is 0.394. The maximum Gasteiger partial charge on any atom is 0.264 e. The van der Waals surface area contributed by atoms with Gasteiger partial charge in [0.1, 0.15) is 12.6 Å². The van der Waals surface area contributed by atoms with Gasteiger partial charge in [-0.2, -0.15) is 0 Å². The topological polar surface area (TPSA) is 86.8 Å². The van der Waals surface area contributed by atoms with Crippen LogP contribution in [0, 0.1) is 20.8 Å². The van der Waals surface area contributed by atoms with E-state index in [9.17, 15) is 18.0 Å². The Morgan fingerprint density at radius 3 is 2.13 bits per heavy atom. The minimum Gasteiger partial charge on any atom is -0.355 e. The zero-order valence-electron chi connectivity index (χ0n) is 22.8. The largest absolute Gasteiger partial charge is 0.355 e. The Morgan fingerprint density at radius 2 is 1.53 bits per heavy atom. The van der Waals surface area contributed by atoms with Crippen molar-refractivity contribution in [1.82, 2.24) is 10.2 Å². The number of aryl methyl sites for hydroxylation is 3. The fourth-order valence-electron chi connectivity index (χ4n) is 4.33. The number of likely N-dealkylation sites (N-methyl/N-ethyl adjacent to an activating group) is 1. The van der Waals surface area contributed by atoms with Gasteiger partial charge < -0.3 is 10.2 Å². The molecular formula is C30H37N3O4S. The van der Waals surface area contributed by atoms with Crippen LogP contribution in [-0.2, 0) is 26.0 Å². The van der Waals surface area contributed by atoms with E-state index in [1.807, 2.05) is 70.2 Å². The van der Waals surface area contributed by atoms with Crippen molar-refractivity contribution >= 4 is 27.5 Å². The number of sulfonamides is 1. The van der Waals surface area contributed by atoms with Crippen molar-refractivity contribution in [3.05, 3.63) is 95.1 Å². The first-order valence-electron chi connectivity index (χ1n) is 12.8. The number of hydrogen-bond acceptors (Lipinski definition) is 4. The molecule has 202 valence electrons. The van der Waals surface area contributed by atoms with Crippen LogP contribution in [0.2, 0.25) is 0 Å². The van der Waals surface area contributed by atoms with Crippen molar-refractivity contribution in [3.63, 3.8) is 0 Å². The van der Waals surface area contributed by atoms with Gasteiger partial charge in [0.25, 0.3) is 10.0 Å². The molecule has 0 radical (unpaired) electrons. The average Bonchev–Trinajstić information content (AvgIpc) is 2.88. The molecule has 0 unspecified atom stereocenters. The molecule has 1 N–H and O–H groups in total. The number of nitrogens with one attached hydrogen (secondary N) is 1. The Morgan fingerprint density at radius 1 is 0.895 bits per heavy atom. The molecule has 2 amide bonds. The van der Waals surface area contributed by atoms with Crippen LogP contribution in [0.5, 0.6) is 0 Å². The second kappa shape index (κ2) is 12.7. The molecule has 0 saturated carbocycles. The Labute approximate surface area is 226 Å². The molecule has 1 atom stereocenters. The molecule has 0 aliphatic rings. The van der Waals surface area contributed by atoms with Gasteiger partial charge in [-0.25, -0.2) is 8.42 Å². The van der Waals surface area contributed by atoms with Gasteiger partial charge in [0.05, 0.1) is 10.6 Å². The molecule has 3 aromatic carbocycles. The number of rotatable bonds is 11. The van der Waals surface area contributed by atoms with Gasteiger partial charge in [0.15, 0.2) is 0 Å². The first kappa shape index (κ1) is 28.9. The number of hydrogen-bond donors (Lipinski definition) is 1.